The quantitative estimate of drug-likeness (QED) is 0.0938. The summed E-state index contributed by atoms with van der Waals surface area (Å²) < 4.78 is 28.9. The Bertz CT molecular complexity index is 2460. The lowest BCUT2D eigenvalue weighted by Gasteiger charge is -2.71. The Morgan fingerprint density at radius 1 is 0.792 bits per heavy atom. The average molecular weight is 997 g/mol. The molecule has 2 amide bonds. The van der Waals surface area contributed by atoms with Crippen LogP contribution in [0, 0.1) is 50.2 Å². The number of rotatable bonds is 11. The number of nitrogens with one attached hydrogen (secondary N) is 1. The molecule has 0 unspecified atom stereocenters. The zero-order chi connectivity index (χ0) is 52.1. The second kappa shape index (κ2) is 18.4. The molecule has 8 aliphatic rings. The molecule has 1 saturated heterocycles. The number of piperidine rings is 1. The molecule has 1 aromatic rings. The molecule has 1 aromatic carbocycles. The topological polar surface area (TPSA) is 167 Å². The third-order valence-electron chi connectivity index (χ3n) is 21.5. The molecular weight excluding hydrogens is 913 g/mol. The molecule has 1 aliphatic heterocycles. The molecule has 7 aliphatic carbocycles. The van der Waals surface area contributed by atoms with Crippen LogP contribution in [0.3, 0.4) is 0 Å². The van der Waals surface area contributed by atoms with Gasteiger partial charge in [0.1, 0.15) is 11.9 Å². The Kier molecular flexibility index (Phi) is 13.4. The number of phenolic OH excluding ortho intramolecular Hbond substituents is 1. The molecule has 12 atom stereocenters. The van der Waals surface area contributed by atoms with Gasteiger partial charge in [0.05, 0.1) is 32.8 Å². The molecule has 2 N–H and O–H groups in total. The fourth-order valence-electron chi connectivity index (χ4n) is 17.9. The molecule has 2 bridgehead atoms. The number of allylic oxidation sites excluding steroid dienone is 2. The van der Waals surface area contributed by atoms with Gasteiger partial charge in [-0.15, -0.1) is 0 Å². The average Bonchev–Trinajstić information content (AvgIpc) is 3.30. The van der Waals surface area contributed by atoms with Gasteiger partial charge in [-0.3, -0.25) is 24.0 Å². The van der Waals surface area contributed by atoms with Crippen LogP contribution >= 0.6 is 0 Å². The van der Waals surface area contributed by atoms with Crippen molar-refractivity contribution in [1.29, 1.82) is 0 Å². The van der Waals surface area contributed by atoms with Crippen molar-refractivity contribution >= 4 is 29.7 Å². The summed E-state index contributed by atoms with van der Waals surface area (Å²) in [4.78, 5) is 68.9. The number of ether oxygens (including phenoxy) is 5. The van der Waals surface area contributed by atoms with Gasteiger partial charge in [0.25, 0.3) is 0 Å². The van der Waals surface area contributed by atoms with E-state index in [-0.39, 0.29) is 75.4 Å². The molecule has 1 heterocycles. The predicted molar refractivity (Wildman–Crippen MR) is 271 cm³/mol. The van der Waals surface area contributed by atoms with Crippen LogP contribution in [0.5, 0.6) is 11.5 Å². The van der Waals surface area contributed by atoms with Crippen molar-refractivity contribution in [3.05, 3.63) is 46.2 Å². The van der Waals surface area contributed by atoms with Crippen LogP contribution in [0.25, 0.3) is 0 Å². The van der Waals surface area contributed by atoms with E-state index in [2.05, 4.69) is 59.9 Å². The highest BCUT2D eigenvalue weighted by Crippen LogP contribution is 2.76. The molecular formula is C59H84N2O11. The first kappa shape index (κ1) is 52.3. The van der Waals surface area contributed by atoms with Crippen molar-refractivity contribution in [1.82, 2.24) is 10.2 Å². The first-order valence-corrected chi connectivity index (χ1v) is 27.3. The van der Waals surface area contributed by atoms with Gasteiger partial charge in [0.2, 0.25) is 11.8 Å². The number of aromatic hydroxyl groups is 1. The van der Waals surface area contributed by atoms with E-state index < -0.39 is 41.0 Å². The summed E-state index contributed by atoms with van der Waals surface area (Å²) in [5.74, 6) is 0.674. The van der Waals surface area contributed by atoms with E-state index in [0.29, 0.717) is 67.6 Å². The molecule has 0 radical (unpaired) electrons. The molecule has 72 heavy (non-hydrogen) atoms. The number of carbonyl (C=O) groups excluding carboxylic acids is 5. The smallest absolute Gasteiger partial charge is 0.312 e. The van der Waals surface area contributed by atoms with Crippen LogP contribution in [-0.4, -0.2) is 91.9 Å². The second-order valence-corrected chi connectivity index (χ2v) is 25.7. The van der Waals surface area contributed by atoms with Crippen molar-refractivity contribution in [2.45, 2.75) is 201 Å². The van der Waals surface area contributed by atoms with E-state index in [9.17, 15) is 29.1 Å². The monoisotopic (exact) mass is 997 g/mol. The van der Waals surface area contributed by atoms with Crippen LogP contribution in [0.15, 0.2) is 35.1 Å². The number of phenols is 1. The number of carbonyl (C=O) groups is 5. The van der Waals surface area contributed by atoms with Crippen molar-refractivity contribution in [2.75, 3.05) is 27.9 Å². The minimum Gasteiger partial charge on any atom is -0.504 e. The largest absolute Gasteiger partial charge is 0.504 e. The van der Waals surface area contributed by atoms with Gasteiger partial charge in [-0.25, -0.2) is 0 Å². The first-order valence-electron chi connectivity index (χ1n) is 27.3. The minimum atomic E-state index is -1.04. The Hall–Kier alpha value is -4.55. The summed E-state index contributed by atoms with van der Waals surface area (Å²) in [6.45, 7) is 20.2. The molecule has 9 rings (SSSR count). The number of methoxy groups -OCH3 is 3. The molecule has 396 valence electrons. The maximum absolute atomic E-state index is 14.4. The normalized spacial score (nSPS) is 37.9. The fourth-order valence-corrected chi connectivity index (χ4v) is 17.9. The summed E-state index contributed by atoms with van der Waals surface area (Å²) in [5, 5.41) is 15.3. The van der Waals surface area contributed by atoms with Crippen LogP contribution < -0.4 is 10.1 Å². The van der Waals surface area contributed by atoms with E-state index in [1.807, 2.05) is 11.0 Å². The number of hydrogen-bond acceptors (Lipinski definition) is 11. The zero-order valence-electron chi connectivity index (χ0n) is 45.5. The lowest BCUT2D eigenvalue weighted by atomic mass is 9.33. The van der Waals surface area contributed by atoms with Crippen molar-refractivity contribution in [2.24, 2.45) is 50.2 Å². The lowest BCUT2D eigenvalue weighted by molar-refractivity contribution is -0.193. The summed E-state index contributed by atoms with van der Waals surface area (Å²) in [5.41, 5.74) is 2.78. The Morgan fingerprint density at radius 2 is 1.50 bits per heavy atom. The number of fused-ring (bicyclic) bond motifs is 8. The standard InChI is InChI=1S/C59H84N2O11/c1-34(62)71-41-33-59-29-30-61(39(48(59)51(69-11)50(41)72-35(2)63)31-36-17-19-40(68-10)49(66)47(36)59)46(65)16-14-13-15-45(64)60-44-22-23-55(7)42(54(44,5)6)21-24-57(9)43(55)20-18-37-38-32-53(3,4)25-27-58(38,52(67)70-12)28-26-56(37,57)8/h17-19,38-39,41-44,50,66H,13-16,20-33H2,1-12H3,(H,60,64)/t38-,39-,41-,42-,43+,44-,50-,55-,56+,57+,58-,59-/m0/s1. The van der Waals surface area contributed by atoms with E-state index in [1.54, 1.807) is 18.7 Å². The molecule has 5 fully saturated rings. The highest BCUT2D eigenvalue weighted by Gasteiger charge is 2.70. The van der Waals surface area contributed by atoms with E-state index in [1.165, 1.54) is 28.1 Å². The molecule has 0 aromatic heterocycles. The van der Waals surface area contributed by atoms with Gasteiger partial charge in [0.15, 0.2) is 17.6 Å². The van der Waals surface area contributed by atoms with Crippen LogP contribution in [-0.2, 0) is 54.8 Å². The number of amides is 2. The molecule has 13 nitrogen and oxygen atoms in total. The predicted octanol–water partition coefficient (Wildman–Crippen LogP) is 9.98. The summed E-state index contributed by atoms with van der Waals surface area (Å²) in [6.07, 6.45) is 13.6. The molecule has 13 heteroatoms. The lowest BCUT2D eigenvalue weighted by Crippen LogP contribution is -2.66. The van der Waals surface area contributed by atoms with Gasteiger partial charge in [-0.2, -0.15) is 0 Å². The van der Waals surface area contributed by atoms with Crippen molar-refractivity contribution in [3.63, 3.8) is 0 Å². The van der Waals surface area contributed by atoms with Gasteiger partial charge in [-0.1, -0.05) is 66.2 Å². The Morgan fingerprint density at radius 3 is 2.18 bits per heavy atom. The maximum Gasteiger partial charge on any atom is 0.312 e. The van der Waals surface area contributed by atoms with Crippen molar-refractivity contribution < 1.29 is 52.8 Å². The maximum atomic E-state index is 14.4. The minimum absolute atomic E-state index is 0.00558. The van der Waals surface area contributed by atoms with E-state index in [0.717, 1.165) is 75.3 Å². The third kappa shape index (κ3) is 7.90. The SMILES string of the molecule is COC(=O)[C@]12CCC(C)(C)C[C@H]1C1=CC[C@@H]3[C@@]4(C)CC[C@H](NC(=O)CCCCC(=O)N5CC[C@@]67C[C@H](OC(C)=O)[C@H](OC(C)=O)C(OC)=C6[C@@H]5Cc5ccc(OC)c(O)c57)C(C)(C)[C@@H]4CC[C@@]3(C)[C@]1(C)CC2. The van der Waals surface area contributed by atoms with Gasteiger partial charge in [-0.05, 0) is 146 Å². The molecule has 4 saturated carbocycles. The van der Waals surface area contributed by atoms with Gasteiger partial charge >= 0.3 is 17.9 Å². The fraction of sp³-hybridized carbons (Fsp3) is 0.746. The summed E-state index contributed by atoms with van der Waals surface area (Å²) in [6, 6.07) is 3.23. The number of nitrogens with zero attached hydrogens (tertiary/aromatic N) is 1. The zero-order valence-corrected chi connectivity index (χ0v) is 45.5. The Labute approximate surface area is 428 Å². The van der Waals surface area contributed by atoms with Gasteiger partial charge < -0.3 is 39.0 Å². The Balaban J connectivity index is 0.866. The van der Waals surface area contributed by atoms with Gasteiger partial charge in [0, 0.05) is 62.2 Å². The summed E-state index contributed by atoms with van der Waals surface area (Å²) >= 11 is 0. The number of unbranched alkanes of at least 4 members (excludes halogenated alkanes) is 1. The number of likely N-dealkylation sites (tertiary alicyclic amines) is 1. The van der Waals surface area contributed by atoms with E-state index >= 15 is 0 Å². The van der Waals surface area contributed by atoms with Crippen LogP contribution in [0.4, 0.5) is 0 Å². The number of hydrogen-bond donors (Lipinski definition) is 2. The second-order valence-electron chi connectivity index (χ2n) is 25.7. The third-order valence-corrected chi connectivity index (χ3v) is 21.5. The summed E-state index contributed by atoms with van der Waals surface area (Å²) in [7, 11) is 4.56. The highest BCUT2D eigenvalue weighted by molar-refractivity contribution is 5.80. The molecule has 0 spiro atoms. The van der Waals surface area contributed by atoms with Crippen LogP contribution in [0.2, 0.25) is 0 Å². The van der Waals surface area contributed by atoms with E-state index in [4.69, 9.17) is 23.7 Å². The first-order chi connectivity index (χ1) is 33.9. The highest BCUT2D eigenvalue weighted by atomic mass is 16.6. The van der Waals surface area contributed by atoms with Crippen LogP contribution in [0.1, 0.15) is 176 Å². The number of esters is 3. The number of benzene rings is 1. The van der Waals surface area contributed by atoms with Crippen molar-refractivity contribution in [3.8, 4) is 11.5 Å².